The number of nitro groups is 1. The second kappa shape index (κ2) is 11.1. The Balaban J connectivity index is 1.24. The molecule has 2 aromatic rings. The zero-order valence-corrected chi connectivity index (χ0v) is 19.8. The van der Waals surface area contributed by atoms with E-state index < -0.39 is 10.2 Å². The number of hydrogen-bond donors (Lipinski definition) is 2. The Kier molecular flexibility index (Phi) is 7.76. The van der Waals surface area contributed by atoms with Gasteiger partial charge in [-0.2, -0.15) is 4.99 Å². The summed E-state index contributed by atoms with van der Waals surface area (Å²) >= 11 is 1.36. The van der Waals surface area contributed by atoms with Crippen molar-refractivity contribution in [1.29, 1.82) is 0 Å². The molecule has 35 heavy (non-hydrogen) atoms. The molecule has 2 aliphatic rings. The number of nitrogens with zero attached hydrogens (tertiary/aromatic N) is 3. The summed E-state index contributed by atoms with van der Waals surface area (Å²) in [4.78, 5) is 53.6. The average molecular weight is 496 g/mol. The number of anilines is 1. The minimum Gasteiger partial charge on any atom is -0.351 e. The second-order valence-electron chi connectivity index (χ2n) is 8.32. The average Bonchev–Trinajstić information content (AvgIpc) is 3.23. The van der Waals surface area contributed by atoms with Crippen LogP contribution in [0.15, 0.2) is 53.5 Å². The first kappa shape index (κ1) is 24.4. The maximum atomic E-state index is 12.5. The largest absolute Gasteiger partial charge is 0.351 e. The summed E-state index contributed by atoms with van der Waals surface area (Å²) in [6.45, 7) is 2.02. The molecule has 1 atom stereocenters. The number of thioether (sulfide) groups is 1. The highest BCUT2D eigenvalue weighted by Gasteiger charge is 2.33. The first-order valence-electron chi connectivity index (χ1n) is 11.3. The van der Waals surface area contributed by atoms with Crippen LogP contribution in [0.4, 0.5) is 11.4 Å². The number of nitrogens with one attached hydrogen (secondary N) is 2. The number of non-ortho nitro benzene ring substituents is 1. The maximum absolute atomic E-state index is 12.5. The lowest BCUT2D eigenvalue weighted by molar-refractivity contribution is -0.384. The Morgan fingerprint density at radius 3 is 2.40 bits per heavy atom. The predicted octanol–water partition coefficient (Wildman–Crippen LogP) is 3.34. The lowest BCUT2D eigenvalue weighted by Gasteiger charge is -2.27. The zero-order chi connectivity index (χ0) is 24.8. The number of carbonyl (C=O) groups is 3. The molecule has 4 rings (SSSR count). The normalized spacial score (nSPS) is 17.6. The summed E-state index contributed by atoms with van der Waals surface area (Å²) in [6.07, 6.45) is 3.39. The molecule has 2 heterocycles. The number of piperidine rings is 1. The van der Waals surface area contributed by atoms with Crippen molar-refractivity contribution >= 4 is 46.0 Å². The van der Waals surface area contributed by atoms with Crippen molar-refractivity contribution in [3.63, 3.8) is 0 Å². The molecule has 0 aromatic heterocycles. The van der Waals surface area contributed by atoms with Crippen LogP contribution in [0.25, 0.3) is 0 Å². The van der Waals surface area contributed by atoms with Gasteiger partial charge in [-0.3, -0.25) is 24.5 Å². The van der Waals surface area contributed by atoms with Crippen LogP contribution in [-0.2, 0) is 16.1 Å². The van der Waals surface area contributed by atoms with Gasteiger partial charge < -0.3 is 15.5 Å². The van der Waals surface area contributed by atoms with Gasteiger partial charge in [0, 0.05) is 49.4 Å². The van der Waals surface area contributed by atoms with E-state index in [1.165, 1.54) is 30.3 Å². The Labute approximate surface area is 206 Å². The number of rotatable bonds is 7. The topological polar surface area (TPSA) is 134 Å². The van der Waals surface area contributed by atoms with Gasteiger partial charge in [-0.15, -0.1) is 0 Å². The SMILES string of the molecule is O=C(CC1SC(N2CCCCC2)=NC1=O)Nc1ccc(C(=O)NCc2ccc([N+](=O)[O-])cc2)cc1. The fraction of sp³-hybridized carbons (Fsp3) is 0.333. The van der Waals surface area contributed by atoms with Crippen molar-refractivity contribution in [3.8, 4) is 0 Å². The number of amides is 3. The molecular weight excluding hydrogens is 470 g/mol. The number of benzene rings is 2. The van der Waals surface area contributed by atoms with Gasteiger partial charge >= 0.3 is 0 Å². The second-order valence-corrected chi connectivity index (χ2v) is 9.49. The van der Waals surface area contributed by atoms with Crippen LogP contribution in [-0.4, -0.2) is 51.1 Å². The van der Waals surface area contributed by atoms with Gasteiger partial charge in [0.05, 0.1) is 4.92 Å². The van der Waals surface area contributed by atoms with Gasteiger partial charge in [0.2, 0.25) is 5.91 Å². The number of likely N-dealkylation sites (tertiary alicyclic amines) is 1. The summed E-state index contributed by atoms with van der Waals surface area (Å²) in [5, 5.41) is 16.4. The quantitative estimate of drug-likeness (QED) is 0.444. The molecule has 0 radical (unpaired) electrons. The minimum atomic E-state index is -0.517. The molecule has 2 aromatic carbocycles. The van der Waals surface area contributed by atoms with E-state index in [0.717, 1.165) is 36.7 Å². The van der Waals surface area contributed by atoms with Crippen LogP contribution in [0.1, 0.15) is 41.6 Å². The number of nitro benzene ring substituents is 1. The smallest absolute Gasteiger partial charge is 0.269 e. The first-order valence-corrected chi connectivity index (χ1v) is 12.2. The summed E-state index contributed by atoms with van der Waals surface area (Å²) in [7, 11) is 0. The van der Waals surface area contributed by atoms with E-state index in [9.17, 15) is 24.5 Å². The minimum absolute atomic E-state index is 0.0106. The van der Waals surface area contributed by atoms with Crippen LogP contribution in [0, 0.1) is 10.1 Å². The van der Waals surface area contributed by atoms with Crippen molar-refractivity contribution in [1.82, 2.24) is 10.2 Å². The van der Waals surface area contributed by atoms with Gasteiger partial charge in [-0.1, -0.05) is 23.9 Å². The Morgan fingerprint density at radius 2 is 1.74 bits per heavy atom. The monoisotopic (exact) mass is 495 g/mol. The standard InChI is InChI=1S/C24H25N5O5S/c30-21(14-20-23(32)27-24(35-20)28-12-2-1-3-13-28)26-18-8-6-17(7-9-18)22(31)25-15-16-4-10-19(11-5-16)29(33)34/h4-11,20H,1-3,12-15H2,(H,25,31)(H,26,30). The molecule has 0 saturated carbocycles. The molecule has 182 valence electrons. The van der Waals surface area contributed by atoms with Crippen LogP contribution < -0.4 is 10.6 Å². The molecule has 10 nitrogen and oxygen atoms in total. The van der Waals surface area contributed by atoms with Gasteiger partial charge in [-0.25, -0.2) is 0 Å². The number of hydrogen-bond acceptors (Lipinski definition) is 7. The third kappa shape index (κ3) is 6.44. The summed E-state index contributed by atoms with van der Waals surface area (Å²) in [5.41, 5.74) is 1.66. The predicted molar refractivity (Wildman–Crippen MR) is 133 cm³/mol. The molecule has 0 spiro atoms. The van der Waals surface area contributed by atoms with Crippen LogP contribution in [0.3, 0.4) is 0 Å². The fourth-order valence-corrected chi connectivity index (χ4v) is 4.95. The first-order chi connectivity index (χ1) is 16.9. The van der Waals surface area contributed by atoms with Crippen LogP contribution >= 0.6 is 11.8 Å². The van der Waals surface area contributed by atoms with E-state index in [4.69, 9.17) is 0 Å². The molecule has 1 saturated heterocycles. The molecule has 1 unspecified atom stereocenters. The third-order valence-electron chi connectivity index (χ3n) is 5.76. The Hall–Kier alpha value is -3.73. The van der Waals surface area contributed by atoms with E-state index in [1.54, 1.807) is 36.4 Å². The number of carbonyl (C=O) groups excluding carboxylic acids is 3. The van der Waals surface area contributed by atoms with E-state index in [2.05, 4.69) is 20.5 Å². The van der Waals surface area contributed by atoms with E-state index in [0.29, 0.717) is 11.3 Å². The highest BCUT2D eigenvalue weighted by molar-refractivity contribution is 8.15. The van der Waals surface area contributed by atoms with Crippen molar-refractivity contribution in [3.05, 3.63) is 69.8 Å². The van der Waals surface area contributed by atoms with E-state index in [1.807, 2.05) is 0 Å². The molecule has 3 amide bonds. The lowest BCUT2D eigenvalue weighted by Crippen LogP contribution is -2.33. The highest BCUT2D eigenvalue weighted by atomic mass is 32.2. The fourth-order valence-electron chi connectivity index (χ4n) is 3.83. The van der Waals surface area contributed by atoms with Crippen molar-refractivity contribution in [2.24, 2.45) is 4.99 Å². The van der Waals surface area contributed by atoms with E-state index >= 15 is 0 Å². The molecule has 0 aliphatic carbocycles. The van der Waals surface area contributed by atoms with Gasteiger partial charge in [0.1, 0.15) is 5.25 Å². The van der Waals surface area contributed by atoms with Gasteiger partial charge in [0.15, 0.2) is 5.17 Å². The van der Waals surface area contributed by atoms with Crippen LogP contribution in [0.5, 0.6) is 0 Å². The molecule has 11 heteroatoms. The van der Waals surface area contributed by atoms with Crippen molar-refractivity contribution < 1.29 is 19.3 Å². The lowest BCUT2D eigenvalue weighted by atomic mass is 10.1. The van der Waals surface area contributed by atoms with Crippen molar-refractivity contribution in [2.75, 3.05) is 18.4 Å². The third-order valence-corrected chi connectivity index (χ3v) is 6.97. The number of amidine groups is 1. The molecule has 2 N–H and O–H groups in total. The Morgan fingerprint density at radius 1 is 1.06 bits per heavy atom. The molecule has 0 bridgehead atoms. The summed E-state index contributed by atoms with van der Waals surface area (Å²) < 4.78 is 0. The maximum Gasteiger partial charge on any atom is 0.269 e. The molecule has 2 aliphatic heterocycles. The van der Waals surface area contributed by atoms with E-state index in [-0.39, 0.29) is 36.4 Å². The molecule has 1 fully saturated rings. The Bertz CT molecular complexity index is 1140. The highest BCUT2D eigenvalue weighted by Crippen LogP contribution is 2.29. The van der Waals surface area contributed by atoms with Crippen molar-refractivity contribution in [2.45, 2.75) is 37.5 Å². The zero-order valence-electron chi connectivity index (χ0n) is 18.9. The van der Waals surface area contributed by atoms with Crippen LogP contribution in [0.2, 0.25) is 0 Å². The summed E-state index contributed by atoms with van der Waals surface area (Å²) in [6, 6.07) is 12.4. The van der Waals surface area contributed by atoms with Gasteiger partial charge in [0.25, 0.3) is 17.5 Å². The summed E-state index contributed by atoms with van der Waals surface area (Å²) in [5.74, 6) is -0.872. The molecular formula is C24H25N5O5S. The van der Waals surface area contributed by atoms with Gasteiger partial charge in [-0.05, 0) is 49.1 Å². The number of aliphatic imine (C=N–C) groups is 1.